The molecule has 0 aromatic heterocycles. The van der Waals surface area contributed by atoms with Crippen LogP contribution in [-0.4, -0.2) is 25.5 Å². The number of nitrogens with one attached hydrogen (secondary N) is 1. The average Bonchev–Trinajstić information content (AvgIpc) is 2.74. The monoisotopic (exact) mass is 413 g/mol. The van der Waals surface area contributed by atoms with Crippen LogP contribution in [0.15, 0.2) is 54.6 Å². The van der Waals surface area contributed by atoms with E-state index in [0.717, 1.165) is 34.2 Å². The van der Waals surface area contributed by atoms with Gasteiger partial charge in [0.25, 0.3) is 5.91 Å². The van der Waals surface area contributed by atoms with E-state index in [2.05, 4.69) is 5.32 Å². The van der Waals surface area contributed by atoms with Gasteiger partial charge < -0.3 is 14.8 Å². The van der Waals surface area contributed by atoms with Crippen molar-refractivity contribution in [1.29, 1.82) is 0 Å². The van der Waals surface area contributed by atoms with E-state index in [0.29, 0.717) is 12.5 Å². The van der Waals surface area contributed by atoms with Crippen molar-refractivity contribution >= 4 is 22.6 Å². The second-order valence-corrected chi connectivity index (χ2v) is 6.69. The number of amides is 1. The molecule has 0 radical (unpaired) electrons. The Morgan fingerprint density at radius 1 is 0.967 bits per heavy atom. The third kappa shape index (κ3) is 5.53. The second kappa shape index (κ2) is 9.82. The number of ether oxygens (including phenoxy) is 2. The Morgan fingerprint density at radius 3 is 2.50 bits per heavy atom. The summed E-state index contributed by atoms with van der Waals surface area (Å²) in [5.74, 6) is -1.96. The minimum absolute atomic E-state index is 0.108. The van der Waals surface area contributed by atoms with Gasteiger partial charge in [-0.05, 0) is 53.1 Å². The number of carbonyl (C=O) groups is 2. The summed E-state index contributed by atoms with van der Waals surface area (Å²) >= 11 is 0. The highest BCUT2D eigenvalue weighted by Crippen LogP contribution is 2.22. The zero-order chi connectivity index (χ0) is 21.5. The molecule has 0 heterocycles. The van der Waals surface area contributed by atoms with Gasteiger partial charge in [0.2, 0.25) is 0 Å². The lowest BCUT2D eigenvalue weighted by atomic mass is 10.1. The van der Waals surface area contributed by atoms with Crippen LogP contribution < -0.4 is 10.1 Å². The number of fused-ring (bicyclic) bond motifs is 1. The van der Waals surface area contributed by atoms with Crippen molar-refractivity contribution in [3.8, 4) is 5.75 Å². The van der Waals surface area contributed by atoms with Gasteiger partial charge in [0.1, 0.15) is 24.0 Å². The van der Waals surface area contributed by atoms with Crippen LogP contribution in [0.3, 0.4) is 0 Å². The summed E-state index contributed by atoms with van der Waals surface area (Å²) in [4.78, 5) is 23.8. The van der Waals surface area contributed by atoms with Gasteiger partial charge in [-0.3, -0.25) is 9.59 Å². The Labute approximate surface area is 172 Å². The lowest BCUT2D eigenvalue weighted by molar-refractivity contribution is -0.145. The quantitative estimate of drug-likeness (QED) is 0.440. The van der Waals surface area contributed by atoms with Crippen molar-refractivity contribution in [3.05, 3.63) is 77.4 Å². The van der Waals surface area contributed by atoms with E-state index in [9.17, 15) is 18.4 Å². The van der Waals surface area contributed by atoms with Crippen LogP contribution in [0.1, 0.15) is 28.8 Å². The third-order valence-electron chi connectivity index (χ3n) is 4.53. The van der Waals surface area contributed by atoms with Crippen molar-refractivity contribution < 1.29 is 27.8 Å². The molecule has 7 heteroatoms. The number of halogens is 2. The Balaban J connectivity index is 1.41. The summed E-state index contributed by atoms with van der Waals surface area (Å²) < 4.78 is 36.9. The molecule has 0 saturated heterocycles. The van der Waals surface area contributed by atoms with Crippen molar-refractivity contribution in [2.75, 3.05) is 13.7 Å². The van der Waals surface area contributed by atoms with Crippen LogP contribution in [0.4, 0.5) is 8.78 Å². The maximum atomic E-state index is 13.6. The van der Waals surface area contributed by atoms with E-state index < -0.39 is 23.5 Å². The Kier molecular flexibility index (Phi) is 6.95. The number of hydrogen-bond donors (Lipinski definition) is 1. The van der Waals surface area contributed by atoms with Crippen LogP contribution in [0, 0.1) is 11.6 Å². The van der Waals surface area contributed by atoms with Gasteiger partial charge in [-0.2, -0.15) is 0 Å². The van der Waals surface area contributed by atoms with E-state index in [4.69, 9.17) is 9.47 Å². The van der Waals surface area contributed by atoms with Crippen LogP contribution in [0.2, 0.25) is 0 Å². The van der Waals surface area contributed by atoms with E-state index in [1.54, 1.807) is 7.11 Å². The molecule has 0 bridgehead atoms. The highest BCUT2D eigenvalue weighted by atomic mass is 19.1. The zero-order valence-corrected chi connectivity index (χ0v) is 16.4. The summed E-state index contributed by atoms with van der Waals surface area (Å²) in [7, 11) is 1.61. The normalized spacial score (nSPS) is 10.6. The van der Waals surface area contributed by atoms with Crippen molar-refractivity contribution in [2.45, 2.75) is 19.4 Å². The molecule has 3 aromatic carbocycles. The van der Waals surface area contributed by atoms with E-state index in [1.807, 2.05) is 36.4 Å². The molecule has 0 atom stereocenters. The molecule has 0 spiro atoms. The van der Waals surface area contributed by atoms with Crippen molar-refractivity contribution in [1.82, 2.24) is 5.32 Å². The maximum absolute atomic E-state index is 13.6. The van der Waals surface area contributed by atoms with Crippen LogP contribution >= 0.6 is 0 Å². The molecule has 156 valence electrons. The van der Waals surface area contributed by atoms with E-state index >= 15 is 0 Å². The standard InChI is InChI=1S/C23H21F2NO4/c1-29-19-8-6-16-11-15(4-5-17(16)12-19)14-30-22(27)3-2-10-26-23(28)20-9-7-18(24)13-21(20)25/h4-9,11-13H,2-3,10,14H2,1H3,(H,26,28). The average molecular weight is 413 g/mol. The molecule has 1 amide bonds. The first-order valence-corrected chi connectivity index (χ1v) is 9.42. The van der Waals surface area contributed by atoms with Gasteiger partial charge >= 0.3 is 5.97 Å². The molecule has 0 saturated carbocycles. The SMILES string of the molecule is COc1ccc2cc(COC(=O)CCCNC(=O)c3ccc(F)cc3F)ccc2c1. The van der Waals surface area contributed by atoms with Crippen LogP contribution in [0.25, 0.3) is 10.8 Å². The van der Waals surface area contributed by atoms with Gasteiger partial charge in [0.05, 0.1) is 12.7 Å². The molecule has 0 aliphatic heterocycles. The van der Waals surface area contributed by atoms with Crippen molar-refractivity contribution in [3.63, 3.8) is 0 Å². The number of rotatable bonds is 8. The predicted molar refractivity (Wildman–Crippen MR) is 108 cm³/mol. The molecule has 1 N–H and O–H groups in total. The number of hydrogen-bond acceptors (Lipinski definition) is 4. The minimum atomic E-state index is -0.930. The summed E-state index contributed by atoms with van der Waals surface area (Å²) in [6, 6.07) is 14.2. The van der Waals surface area contributed by atoms with Crippen LogP contribution in [-0.2, 0) is 16.1 Å². The minimum Gasteiger partial charge on any atom is -0.497 e. The number of carbonyl (C=O) groups excluding carboxylic acids is 2. The smallest absolute Gasteiger partial charge is 0.306 e. The Bertz CT molecular complexity index is 1070. The summed E-state index contributed by atoms with van der Waals surface area (Å²) in [5, 5.41) is 4.54. The molecule has 0 fully saturated rings. The molecule has 0 aliphatic carbocycles. The second-order valence-electron chi connectivity index (χ2n) is 6.69. The highest BCUT2D eigenvalue weighted by molar-refractivity contribution is 5.94. The lowest BCUT2D eigenvalue weighted by Crippen LogP contribution is -2.26. The molecule has 3 aromatic rings. The third-order valence-corrected chi connectivity index (χ3v) is 4.53. The predicted octanol–water partition coefficient (Wildman–Crippen LogP) is 4.38. The van der Waals surface area contributed by atoms with E-state index in [-0.39, 0.29) is 25.1 Å². The molecule has 0 unspecified atom stereocenters. The summed E-state index contributed by atoms with van der Waals surface area (Å²) in [6.45, 7) is 0.316. The fourth-order valence-corrected chi connectivity index (χ4v) is 2.93. The molecule has 0 aliphatic rings. The fourth-order valence-electron chi connectivity index (χ4n) is 2.93. The van der Waals surface area contributed by atoms with Crippen LogP contribution in [0.5, 0.6) is 5.75 Å². The summed E-state index contributed by atoms with van der Waals surface area (Å²) in [5.41, 5.74) is 0.619. The first-order valence-electron chi connectivity index (χ1n) is 9.42. The molecule has 5 nitrogen and oxygen atoms in total. The van der Waals surface area contributed by atoms with E-state index in [1.165, 1.54) is 0 Å². The van der Waals surface area contributed by atoms with Gasteiger partial charge in [-0.15, -0.1) is 0 Å². The van der Waals surface area contributed by atoms with Gasteiger partial charge in [-0.1, -0.05) is 18.2 Å². The summed E-state index contributed by atoms with van der Waals surface area (Å²) in [6.07, 6.45) is 0.446. The molecular formula is C23H21F2NO4. The number of esters is 1. The molecule has 30 heavy (non-hydrogen) atoms. The first-order chi connectivity index (χ1) is 14.5. The van der Waals surface area contributed by atoms with Gasteiger partial charge in [-0.25, -0.2) is 8.78 Å². The molecule has 3 rings (SSSR count). The maximum Gasteiger partial charge on any atom is 0.306 e. The largest absolute Gasteiger partial charge is 0.497 e. The number of benzene rings is 3. The van der Waals surface area contributed by atoms with Crippen molar-refractivity contribution in [2.24, 2.45) is 0 Å². The zero-order valence-electron chi connectivity index (χ0n) is 16.4. The topological polar surface area (TPSA) is 64.6 Å². The number of methoxy groups -OCH3 is 1. The lowest BCUT2D eigenvalue weighted by Gasteiger charge is -2.08. The fraction of sp³-hybridized carbons (Fsp3) is 0.217. The van der Waals surface area contributed by atoms with Gasteiger partial charge in [0, 0.05) is 19.0 Å². The first kappa shape index (κ1) is 21.2. The highest BCUT2D eigenvalue weighted by Gasteiger charge is 2.12. The molecular weight excluding hydrogens is 392 g/mol. The Morgan fingerprint density at radius 2 is 1.73 bits per heavy atom. The Hall–Kier alpha value is -3.48. The van der Waals surface area contributed by atoms with Gasteiger partial charge in [0.15, 0.2) is 0 Å².